The highest BCUT2D eigenvalue weighted by molar-refractivity contribution is 5.98. The number of aryl methyl sites for hydroxylation is 1. The summed E-state index contributed by atoms with van der Waals surface area (Å²) in [5.41, 5.74) is 1.32. The van der Waals surface area contributed by atoms with Crippen molar-refractivity contribution in [2.75, 3.05) is 18.5 Å². The van der Waals surface area contributed by atoms with Gasteiger partial charge in [-0.25, -0.2) is 0 Å². The largest absolute Gasteiger partial charge is 0.489 e. The van der Waals surface area contributed by atoms with Gasteiger partial charge in [0, 0.05) is 6.54 Å². The van der Waals surface area contributed by atoms with Gasteiger partial charge >= 0.3 is 0 Å². The van der Waals surface area contributed by atoms with E-state index in [0.29, 0.717) is 29.6 Å². The molecule has 0 fully saturated rings. The number of carbonyl (C=O) groups is 1. The molecule has 7 nitrogen and oxygen atoms in total. The fourth-order valence-electron chi connectivity index (χ4n) is 2.01. The van der Waals surface area contributed by atoms with Crippen molar-refractivity contribution < 1.29 is 14.1 Å². The van der Waals surface area contributed by atoms with Gasteiger partial charge in [-0.2, -0.15) is 4.98 Å². The van der Waals surface area contributed by atoms with Gasteiger partial charge in [0.05, 0.1) is 17.8 Å². The SMILES string of the molecule is Cc1noc(CNC(=O)c2cccc3c2OCCN3)n1. The van der Waals surface area contributed by atoms with Crippen LogP contribution < -0.4 is 15.4 Å². The van der Waals surface area contributed by atoms with Crippen molar-refractivity contribution in [1.29, 1.82) is 0 Å². The molecule has 0 unspecified atom stereocenters. The number of carbonyl (C=O) groups excluding carboxylic acids is 1. The summed E-state index contributed by atoms with van der Waals surface area (Å²) in [4.78, 5) is 16.2. The molecule has 1 amide bonds. The number of nitrogens with zero attached hydrogens (tertiary/aromatic N) is 2. The number of para-hydroxylation sites is 1. The Kier molecular flexibility index (Phi) is 3.24. The lowest BCUT2D eigenvalue weighted by molar-refractivity contribution is 0.0942. The molecular weight excluding hydrogens is 260 g/mol. The van der Waals surface area contributed by atoms with Gasteiger partial charge in [-0.05, 0) is 19.1 Å². The number of anilines is 1. The topological polar surface area (TPSA) is 89.3 Å². The molecule has 0 bridgehead atoms. The number of fused-ring (bicyclic) bond motifs is 1. The van der Waals surface area contributed by atoms with Crippen LogP contribution in [0.5, 0.6) is 5.75 Å². The summed E-state index contributed by atoms with van der Waals surface area (Å²) in [6.07, 6.45) is 0. The van der Waals surface area contributed by atoms with Crippen molar-refractivity contribution in [3.63, 3.8) is 0 Å². The first-order chi connectivity index (χ1) is 9.74. The van der Waals surface area contributed by atoms with Gasteiger partial charge in [-0.15, -0.1) is 0 Å². The number of ether oxygens (including phenoxy) is 1. The Morgan fingerprint density at radius 2 is 2.40 bits per heavy atom. The highest BCUT2D eigenvalue weighted by Crippen LogP contribution is 2.31. The van der Waals surface area contributed by atoms with Crippen LogP contribution in [-0.4, -0.2) is 29.2 Å². The van der Waals surface area contributed by atoms with Crippen LogP contribution in [0.15, 0.2) is 22.7 Å². The second-order valence-corrected chi connectivity index (χ2v) is 4.38. The third-order valence-corrected chi connectivity index (χ3v) is 2.89. The van der Waals surface area contributed by atoms with E-state index in [1.54, 1.807) is 13.0 Å². The zero-order valence-electron chi connectivity index (χ0n) is 11.0. The smallest absolute Gasteiger partial charge is 0.255 e. The highest BCUT2D eigenvalue weighted by atomic mass is 16.5. The molecule has 0 saturated heterocycles. The van der Waals surface area contributed by atoms with E-state index in [2.05, 4.69) is 20.8 Å². The highest BCUT2D eigenvalue weighted by Gasteiger charge is 2.19. The standard InChI is InChI=1S/C13H14N4O3/c1-8-16-11(20-17-8)7-15-13(18)9-3-2-4-10-12(9)19-6-5-14-10/h2-4,14H,5-7H2,1H3,(H,15,18). The summed E-state index contributed by atoms with van der Waals surface area (Å²) in [6.45, 7) is 3.19. The lowest BCUT2D eigenvalue weighted by Crippen LogP contribution is -2.26. The van der Waals surface area contributed by atoms with Crippen LogP contribution in [0.1, 0.15) is 22.1 Å². The maximum absolute atomic E-state index is 12.2. The van der Waals surface area contributed by atoms with E-state index in [0.717, 1.165) is 12.2 Å². The minimum absolute atomic E-state index is 0.191. The second kappa shape index (κ2) is 5.20. The van der Waals surface area contributed by atoms with Gasteiger partial charge in [0.2, 0.25) is 5.89 Å². The zero-order valence-corrected chi connectivity index (χ0v) is 11.0. The number of hydrogen-bond donors (Lipinski definition) is 2. The van der Waals surface area contributed by atoms with Crippen LogP contribution >= 0.6 is 0 Å². The molecule has 2 aromatic rings. The zero-order chi connectivity index (χ0) is 13.9. The normalized spacial score (nSPS) is 13.1. The van der Waals surface area contributed by atoms with Crippen LogP contribution in [0.4, 0.5) is 5.69 Å². The van der Waals surface area contributed by atoms with Gasteiger partial charge in [0.15, 0.2) is 11.6 Å². The molecule has 1 aromatic carbocycles. The minimum atomic E-state index is -0.235. The van der Waals surface area contributed by atoms with Gasteiger partial charge < -0.3 is 19.9 Å². The van der Waals surface area contributed by atoms with Gasteiger partial charge in [0.25, 0.3) is 5.91 Å². The van der Waals surface area contributed by atoms with Gasteiger partial charge in [0.1, 0.15) is 6.61 Å². The maximum Gasteiger partial charge on any atom is 0.255 e. The molecule has 0 atom stereocenters. The Labute approximate surface area is 115 Å². The quantitative estimate of drug-likeness (QED) is 0.871. The number of hydrogen-bond acceptors (Lipinski definition) is 6. The van der Waals surface area contributed by atoms with Crippen molar-refractivity contribution in [2.45, 2.75) is 13.5 Å². The van der Waals surface area contributed by atoms with E-state index in [1.165, 1.54) is 0 Å². The molecule has 1 aromatic heterocycles. The molecule has 3 rings (SSSR count). The summed E-state index contributed by atoms with van der Waals surface area (Å²) < 4.78 is 10.5. The third kappa shape index (κ3) is 2.42. The minimum Gasteiger partial charge on any atom is -0.489 e. The molecule has 2 N–H and O–H groups in total. The average molecular weight is 274 g/mol. The molecule has 2 heterocycles. The van der Waals surface area contributed by atoms with E-state index in [-0.39, 0.29) is 12.5 Å². The molecule has 0 radical (unpaired) electrons. The van der Waals surface area contributed by atoms with Crippen LogP contribution in [0, 0.1) is 6.92 Å². The van der Waals surface area contributed by atoms with Crippen LogP contribution in [-0.2, 0) is 6.54 Å². The summed E-state index contributed by atoms with van der Waals surface area (Å²) in [7, 11) is 0. The summed E-state index contributed by atoms with van der Waals surface area (Å²) in [5, 5.41) is 9.59. The third-order valence-electron chi connectivity index (χ3n) is 2.89. The van der Waals surface area contributed by atoms with E-state index >= 15 is 0 Å². The summed E-state index contributed by atoms with van der Waals surface area (Å²) in [5.74, 6) is 1.26. The van der Waals surface area contributed by atoms with Crippen molar-refractivity contribution in [2.24, 2.45) is 0 Å². The Hall–Kier alpha value is -2.57. The van der Waals surface area contributed by atoms with Crippen molar-refractivity contribution >= 4 is 11.6 Å². The Morgan fingerprint density at radius 3 is 3.20 bits per heavy atom. The fraction of sp³-hybridized carbons (Fsp3) is 0.308. The van der Waals surface area contributed by atoms with Crippen molar-refractivity contribution in [1.82, 2.24) is 15.5 Å². The molecular formula is C13H14N4O3. The molecule has 1 aliphatic heterocycles. The molecule has 1 aliphatic rings. The second-order valence-electron chi connectivity index (χ2n) is 4.38. The predicted octanol–water partition coefficient (Wildman–Crippen LogP) is 1.11. The molecule has 7 heteroatoms. The molecule has 0 saturated carbocycles. The van der Waals surface area contributed by atoms with E-state index in [9.17, 15) is 4.79 Å². The van der Waals surface area contributed by atoms with Crippen LogP contribution in [0.2, 0.25) is 0 Å². The Morgan fingerprint density at radius 1 is 1.50 bits per heavy atom. The van der Waals surface area contributed by atoms with E-state index < -0.39 is 0 Å². The summed E-state index contributed by atoms with van der Waals surface area (Å²) in [6, 6.07) is 5.42. The van der Waals surface area contributed by atoms with E-state index in [1.807, 2.05) is 12.1 Å². The molecule has 104 valence electrons. The van der Waals surface area contributed by atoms with Gasteiger partial charge in [-0.3, -0.25) is 4.79 Å². The van der Waals surface area contributed by atoms with Crippen LogP contribution in [0.25, 0.3) is 0 Å². The lowest BCUT2D eigenvalue weighted by Gasteiger charge is -2.21. The first-order valence-corrected chi connectivity index (χ1v) is 6.31. The maximum atomic E-state index is 12.2. The van der Waals surface area contributed by atoms with Crippen LogP contribution in [0.3, 0.4) is 0 Å². The van der Waals surface area contributed by atoms with Crippen molar-refractivity contribution in [3.05, 3.63) is 35.5 Å². The molecule has 20 heavy (non-hydrogen) atoms. The number of nitrogens with one attached hydrogen (secondary N) is 2. The Bertz CT molecular complexity index is 638. The first kappa shape index (κ1) is 12.5. The summed E-state index contributed by atoms with van der Waals surface area (Å²) >= 11 is 0. The number of rotatable bonds is 3. The first-order valence-electron chi connectivity index (χ1n) is 6.31. The van der Waals surface area contributed by atoms with Gasteiger partial charge in [-0.1, -0.05) is 11.2 Å². The van der Waals surface area contributed by atoms with E-state index in [4.69, 9.17) is 9.26 Å². The van der Waals surface area contributed by atoms with Crippen molar-refractivity contribution in [3.8, 4) is 5.75 Å². The number of benzene rings is 1. The predicted molar refractivity (Wildman–Crippen MR) is 70.6 cm³/mol. The monoisotopic (exact) mass is 274 g/mol. The lowest BCUT2D eigenvalue weighted by atomic mass is 10.1. The molecule has 0 aliphatic carbocycles. The number of aromatic nitrogens is 2. The molecule has 0 spiro atoms. The average Bonchev–Trinajstić information content (AvgIpc) is 2.90. The number of amides is 1. The fourth-order valence-corrected chi connectivity index (χ4v) is 2.01. The Balaban J connectivity index is 1.74.